The lowest BCUT2D eigenvalue weighted by Crippen LogP contribution is -2.69. The van der Waals surface area contributed by atoms with Crippen molar-refractivity contribution in [3.05, 3.63) is 0 Å². The van der Waals surface area contributed by atoms with Gasteiger partial charge in [-0.05, 0) is 32.1 Å². The highest BCUT2D eigenvalue weighted by molar-refractivity contribution is 14.1. The first-order chi connectivity index (χ1) is 7.19. The van der Waals surface area contributed by atoms with Crippen LogP contribution in [0.5, 0.6) is 0 Å². The lowest BCUT2D eigenvalue weighted by Gasteiger charge is -2.64. The van der Waals surface area contributed by atoms with Crippen molar-refractivity contribution in [2.24, 2.45) is 5.41 Å². The molecular formula is C11H15IO4. The molecule has 3 N–H and O–H groups in total. The van der Waals surface area contributed by atoms with Gasteiger partial charge in [0.15, 0.2) is 0 Å². The van der Waals surface area contributed by atoms with E-state index in [1.165, 1.54) is 0 Å². The zero-order valence-corrected chi connectivity index (χ0v) is 11.0. The Morgan fingerprint density at radius 2 is 1.44 bits per heavy atom. The first kappa shape index (κ1) is 11.2. The number of rotatable bonds is 1. The molecule has 0 aromatic rings. The molecule has 5 heteroatoms. The predicted octanol–water partition coefficient (Wildman–Crippen LogP) is 1.07. The van der Waals surface area contributed by atoms with E-state index in [-0.39, 0.29) is 3.42 Å². The molecule has 4 bridgehead atoms. The zero-order valence-electron chi connectivity index (χ0n) is 8.87. The maximum atomic E-state index is 11.5. The summed E-state index contributed by atoms with van der Waals surface area (Å²) in [5.74, 6) is -0.857. The highest BCUT2D eigenvalue weighted by Gasteiger charge is 2.69. The molecule has 2 atom stereocenters. The standard InChI is InChI=1S/C11H15IO4/c12-9-1-8(7(13)14)2-10(15,4-9)6-11(16,3-8)5-9/h15-16H,1-6H2,(H,13,14). The molecular weight excluding hydrogens is 323 g/mol. The van der Waals surface area contributed by atoms with Gasteiger partial charge < -0.3 is 15.3 Å². The van der Waals surface area contributed by atoms with Crippen LogP contribution >= 0.6 is 22.6 Å². The topological polar surface area (TPSA) is 77.8 Å². The quantitative estimate of drug-likeness (QED) is 0.494. The minimum Gasteiger partial charge on any atom is -0.481 e. The number of aliphatic hydroxyl groups is 2. The van der Waals surface area contributed by atoms with Gasteiger partial charge in [-0.25, -0.2) is 0 Å². The highest BCUT2D eigenvalue weighted by Crippen LogP contribution is 2.67. The first-order valence-electron chi connectivity index (χ1n) is 5.56. The zero-order chi connectivity index (χ0) is 11.8. The number of halogens is 1. The minimum absolute atomic E-state index is 0.242. The SMILES string of the molecule is O=C(O)C12CC3(O)CC(O)(CC(I)(C3)C1)C2. The minimum atomic E-state index is -0.969. The maximum absolute atomic E-state index is 11.5. The monoisotopic (exact) mass is 338 g/mol. The second kappa shape index (κ2) is 2.75. The maximum Gasteiger partial charge on any atom is 0.309 e. The average molecular weight is 338 g/mol. The Kier molecular flexibility index (Phi) is 1.93. The van der Waals surface area contributed by atoms with Gasteiger partial charge in [0.25, 0.3) is 0 Å². The van der Waals surface area contributed by atoms with E-state index in [1.54, 1.807) is 0 Å². The van der Waals surface area contributed by atoms with E-state index in [2.05, 4.69) is 22.6 Å². The van der Waals surface area contributed by atoms with Crippen LogP contribution in [0.4, 0.5) is 0 Å². The van der Waals surface area contributed by atoms with Crippen molar-refractivity contribution in [1.29, 1.82) is 0 Å². The molecule has 0 aromatic carbocycles. The molecule has 90 valence electrons. The second-order valence-electron chi connectivity index (χ2n) is 6.25. The fraction of sp³-hybridized carbons (Fsp3) is 0.909. The van der Waals surface area contributed by atoms with Crippen LogP contribution in [0, 0.1) is 5.41 Å². The fourth-order valence-corrected chi connectivity index (χ4v) is 6.78. The van der Waals surface area contributed by atoms with Crippen LogP contribution in [0.1, 0.15) is 38.5 Å². The summed E-state index contributed by atoms with van der Waals surface area (Å²) >= 11 is 2.25. The molecule has 0 saturated heterocycles. The molecule has 0 radical (unpaired) electrons. The molecule has 0 amide bonds. The van der Waals surface area contributed by atoms with Crippen LogP contribution in [-0.4, -0.2) is 35.9 Å². The summed E-state index contributed by atoms with van der Waals surface area (Å²) in [6, 6.07) is 0. The molecule has 4 fully saturated rings. The number of hydrogen-bond acceptors (Lipinski definition) is 3. The van der Waals surface area contributed by atoms with Crippen molar-refractivity contribution in [2.45, 2.75) is 53.1 Å². The van der Waals surface area contributed by atoms with E-state index in [9.17, 15) is 20.1 Å². The Balaban J connectivity index is 2.11. The molecule has 0 aromatic heterocycles. The number of aliphatic carboxylic acids is 1. The number of alkyl halides is 1. The van der Waals surface area contributed by atoms with E-state index in [4.69, 9.17) is 0 Å². The van der Waals surface area contributed by atoms with Gasteiger partial charge in [-0.3, -0.25) is 4.79 Å². The molecule has 0 aliphatic heterocycles. The molecule has 16 heavy (non-hydrogen) atoms. The normalized spacial score (nSPS) is 58.9. The second-order valence-corrected chi connectivity index (χ2v) is 8.53. The molecule has 0 spiro atoms. The Labute approximate surface area is 107 Å². The first-order valence-corrected chi connectivity index (χ1v) is 6.64. The Bertz CT molecular complexity index is 327. The van der Waals surface area contributed by atoms with Gasteiger partial charge in [-0.2, -0.15) is 0 Å². The van der Waals surface area contributed by atoms with Crippen LogP contribution in [0.3, 0.4) is 0 Å². The van der Waals surface area contributed by atoms with Gasteiger partial charge in [-0.15, -0.1) is 0 Å². The molecule has 4 aliphatic rings. The third-order valence-corrected chi connectivity index (χ3v) is 5.54. The summed E-state index contributed by atoms with van der Waals surface area (Å²) in [6.07, 6.45) is 2.79. The Morgan fingerprint density at radius 3 is 1.81 bits per heavy atom. The van der Waals surface area contributed by atoms with Gasteiger partial charge >= 0.3 is 5.97 Å². The van der Waals surface area contributed by atoms with Gasteiger partial charge in [0.1, 0.15) is 0 Å². The van der Waals surface area contributed by atoms with Crippen LogP contribution in [-0.2, 0) is 4.79 Å². The molecule has 4 saturated carbocycles. The van der Waals surface area contributed by atoms with Crippen LogP contribution in [0.15, 0.2) is 0 Å². The van der Waals surface area contributed by atoms with Crippen molar-refractivity contribution >= 4 is 28.6 Å². The summed E-state index contributed by atoms with van der Waals surface area (Å²) in [5.41, 5.74) is -2.84. The van der Waals surface area contributed by atoms with Crippen LogP contribution in [0.25, 0.3) is 0 Å². The summed E-state index contributed by atoms with van der Waals surface area (Å²) < 4.78 is -0.242. The third kappa shape index (κ3) is 1.37. The lowest BCUT2D eigenvalue weighted by molar-refractivity contribution is -0.225. The number of carboxylic acid groups (broad SMARTS) is 1. The molecule has 4 nitrogen and oxygen atoms in total. The summed E-state index contributed by atoms with van der Waals surface area (Å²) in [6.45, 7) is 0. The van der Waals surface area contributed by atoms with Gasteiger partial charge in [0, 0.05) is 9.84 Å². The largest absolute Gasteiger partial charge is 0.481 e. The van der Waals surface area contributed by atoms with Crippen molar-refractivity contribution < 1.29 is 20.1 Å². The van der Waals surface area contributed by atoms with E-state index in [1.807, 2.05) is 0 Å². The molecule has 4 aliphatic carbocycles. The van der Waals surface area contributed by atoms with Gasteiger partial charge in [-0.1, -0.05) is 22.6 Å². The molecule has 2 unspecified atom stereocenters. The third-order valence-electron chi connectivity index (χ3n) is 4.39. The number of carbonyl (C=O) groups is 1. The smallest absolute Gasteiger partial charge is 0.309 e. The predicted molar refractivity (Wildman–Crippen MR) is 64.4 cm³/mol. The molecule has 4 rings (SSSR count). The molecule has 0 heterocycles. The van der Waals surface area contributed by atoms with Crippen LogP contribution < -0.4 is 0 Å². The number of carboxylic acids is 1. The summed E-state index contributed by atoms with van der Waals surface area (Å²) in [5, 5.41) is 30.2. The van der Waals surface area contributed by atoms with E-state index in [0.717, 1.165) is 0 Å². The van der Waals surface area contributed by atoms with Crippen molar-refractivity contribution in [3.8, 4) is 0 Å². The van der Waals surface area contributed by atoms with Crippen molar-refractivity contribution in [2.75, 3.05) is 0 Å². The van der Waals surface area contributed by atoms with Gasteiger partial charge in [0.05, 0.1) is 16.6 Å². The highest BCUT2D eigenvalue weighted by atomic mass is 127. The van der Waals surface area contributed by atoms with Gasteiger partial charge in [0.2, 0.25) is 0 Å². The summed E-state index contributed by atoms with van der Waals surface area (Å²) in [7, 11) is 0. The van der Waals surface area contributed by atoms with E-state index < -0.39 is 22.6 Å². The number of hydrogen-bond donors (Lipinski definition) is 3. The Morgan fingerprint density at radius 1 is 0.938 bits per heavy atom. The average Bonchev–Trinajstić information content (AvgIpc) is 1.92. The lowest BCUT2D eigenvalue weighted by atomic mass is 9.46. The van der Waals surface area contributed by atoms with E-state index >= 15 is 0 Å². The van der Waals surface area contributed by atoms with Crippen molar-refractivity contribution in [1.82, 2.24) is 0 Å². The Hall–Kier alpha value is 0.120. The van der Waals surface area contributed by atoms with Crippen LogP contribution in [0.2, 0.25) is 0 Å². The van der Waals surface area contributed by atoms with Crippen molar-refractivity contribution in [3.63, 3.8) is 0 Å². The fourth-order valence-electron chi connectivity index (χ4n) is 4.64. The summed E-state index contributed by atoms with van der Waals surface area (Å²) in [4.78, 5) is 11.5. The van der Waals surface area contributed by atoms with E-state index in [0.29, 0.717) is 38.5 Å².